The highest BCUT2D eigenvalue weighted by atomic mass is 79.9. The number of aliphatic carboxylic acids is 1. The first-order valence-corrected chi connectivity index (χ1v) is 5.71. The highest BCUT2D eigenvalue weighted by Gasteiger charge is 2.22. The minimum absolute atomic E-state index is 0.143. The quantitative estimate of drug-likeness (QED) is 0.927. The van der Waals surface area contributed by atoms with Gasteiger partial charge in [-0.2, -0.15) is 0 Å². The van der Waals surface area contributed by atoms with Gasteiger partial charge in [-0.1, -0.05) is 6.07 Å². The van der Waals surface area contributed by atoms with E-state index in [-0.39, 0.29) is 12.1 Å². The number of hydrogen-bond donors (Lipinski definition) is 1. The zero-order valence-electron chi connectivity index (χ0n) is 9.11. The number of halogens is 2. The van der Waals surface area contributed by atoms with E-state index in [1.165, 1.54) is 12.1 Å². The van der Waals surface area contributed by atoms with Crippen LogP contribution in [0.2, 0.25) is 0 Å². The van der Waals surface area contributed by atoms with Crippen molar-refractivity contribution in [3.05, 3.63) is 34.1 Å². The van der Waals surface area contributed by atoms with Gasteiger partial charge in [-0.05, 0) is 35.0 Å². The third kappa shape index (κ3) is 3.26. The summed E-state index contributed by atoms with van der Waals surface area (Å²) in [7, 11) is 0. The smallest absolute Gasteiger partial charge is 0.323 e. The van der Waals surface area contributed by atoms with Gasteiger partial charge in [0.05, 0.1) is 5.56 Å². The zero-order valence-corrected chi connectivity index (χ0v) is 10.7. The number of carboxylic acid groups (broad SMARTS) is 1. The van der Waals surface area contributed by atoms with Gasteiger partial charge in [0, 0.05) is 11.0 Å². The second-order valence-electron chi connectivity index (χ2n) is 3.31. The van der Waals surface area contributed by atoms with Gasteiger partial charge in [-0.3, -0.25) is 9.59 Å². The lowest BCUT2D eigenvalue weighted by Crippen LogP contribution is -2.36. The molecule has 6 heteroatoms. The van der Waals surface area contributed by atoms with Gasteiger partial charge >= 0.3 is 5.97 Å². The molecule has 1 amide bonds. The normalized spacial score (nSPS) is 10.1. The molecule has 1 aromatic carbocycles. The molecule has 0 spiro atoms. The van der Waals surface area contributed by atoms with Crippen molar-refractivity contribution < 1.29 is 19.1 Å². The molecule has 4 nitrogen and oxygen atoms in total. The molecule has 0 aliphatic carbocycles. The fraction of sp³-hybridized carbons (Fsp3) is 0.273. The molecule has 0 saturated carbocycles. The van der Waals surface area contributed by atoms with Crippen molar-refractivity contribution in [1.29, 1.82) is 0 Å². The van der Waals surface area contributed by atoms with E-state index in [1.54, 1.807) is 6.92 Å². The molecule has 0 radical (unpaired) electrons. The molecule has 92 valence electrons. The molecule has 1 N–H and O–H groups in total. The fourth-order valence-electron chi connectivity index (χ4n) is 1.35. The Morgan fingerprint density at radius 3 is 2.59 bits per heavy atom. The molecule has 0 fully saturated rings. The van der Waals surface area contributed by atoms with E-state index in [9.17, 15) is 14.0 Å². The summed E-state index contributed by atoms with van der Waals surface area (Å²) in [6, 6.07) is 4.15. The van der Waals surface area contributed by atoms with E-state index in [0.29, 0.717) is 4.47 Å². The van der Waals surface area contributed by atoms with Gasteiger partial charge in [0.15, 0.2) is 0 Å². The monoisotopic (exact) mass is 303 g/mol. The number of amides is 1. The Kier molecular flexibility index (Phi) is 4.62. The third-order valence-electron chi connectivity index (χ3n) is 2.17. The molecule has 0 aliphatic heterocycles. The summed E-state index contributed by atoms with van der Waals surface area (Å²) in [5.74, 6) is -2.44. The second kappa shape index (κ2) is 5.77. The molecule has 0 atom stereocenters. The fourth-order valence-corrected chi connectivity index (χ4v) is 1.86. The summed E-state index contributed by atoms with van der Waals surface area (Å²) in [5, 5.41) is 8.65. The van der Waals surface area contributed by atoms with E-state index in [0.717, 1.165) is 11.0 Å². The van der Waals surface area contributed by atoms with Gasteiger partial charge in [0.25, 0.3) is 5.91 Å². The van der Waals surface area contributed by atoms with Crippen LogP contribution < -0.4 is 0 Å². The summed E-state index contributed by atoms with van der Waals surface area (Å²) in [4.78, 5) is 23.6. The van der Waals surface area contributed by atoms with Crippen LogP contribution in [0, 0.1) is 5.82 Å². The standard InChI is InChI=1S/C11H11BrFNO3/c1-2-14(6-9(15)16)11(17)10-7(12)4-3-5-8(10)13/h3-5H,2,6H2,1H3,(H,15,16). The number of carboxylic acids is 1. The Hall–Kier alpha value is -1.43. The van der Waals surface area contributed by atoms with E-state index >= 15 is 0 Å². The van der Waals surface area contributed by atoms with E-state index in [2.05, 4.69) is 15.9 Å². The molecule has 0 saturated heterocycles. The first-order chi connectivity index (χ1) is 7.97. The van der Waals surface area contributed by atoms with Crippen LogP contribution in [0.4, 0.5) is 4.39 Å². The molecule has 0 aliphatic rings. The predicted octanol–water partition coefficient (Wildman–Crippen LogP) is 2.13. The van der Waals surface area contributed by atoms with Crippen molar-refractivity contribution in [3.8, 4) is 0 Å². The van der Waals surface area contributed by atoms with Crippen molar-refractivity contribution in [2.24, 2.45) is 0 Å². The number of carbonyl (C=O) groups is 2. The third-order valence-corrected chi connectivity index (χ3v) is 2.83. The van der Waals surface area contributed by atoms with E-state index < -0.39 is 24.2 Å². The van der Waals surface area contributed by atoms with Crippen LogP contribution in [0.25, 0.3) is 0 Å². The molecule has 0 heterocycles. The maximum absolute atomic E-state index is 13.5. The molecule has 17 heavy (non-hydrogen) atoms. The Labute approximate surface area is 106 Å². The maximum atomic E-state index is 13.5. The highest BCUT2D eigenvalue weighted by molar-refractivity contribution is 9.10. The van der Waals surface area contributed by atoms with E-state index in [1.807, 2.05) is 0 Å². The van der Waals surface area contributed by atoms with Crippen molar-refractivity contribution in [2.45, 2.75) is 6.92 Å². The summed E-state index contributed by atoms with van der Waals surface area (Å²) in [6.45, 7) is 1.39. The average molecular weight is 304 g/mol. The van der Waals surface area contributed by atoms with Gasteiger partial charge in [0.2, 0.25) is 0 Å². The summed E-state index contributed by atoms with van der Waals surface area (Å²) in [6.07, 6.45) is 0. The van der Waals surface area contributed by atoms with Crippen LogP contribution in [0.3, 0.4) is 0 Å². The lowest BCUT2D eigenvalue weighted by atomic mass is 10.2. The Morgan fingerprint density at radius 1 is 1.47 bits per heavy atom. The van der Waals surface area contributed by atoms with Crippen LogP contribution in [0.1, 0.15) is 17.3 Å². The Bertz CT molecular complexity index is 430. The first kappa shape index (κ1) is 13.6. The van der Waals surface area contributed by atoms with Crippen LogP contribution >= 0.6 is 15.9 Å². The SMILES string of the molecule is CCN(CC(=O)O)C(=O)c1c(F)cccc1Br. The minimum Gasteiger partial charge on any atom is -0.480 e. The molecule has 1 aromatic rings. The van der Waals surface area contributed by atoms with Gasteiger partial charge in [0.1, 0.15) is 12.4 Å². The second-order valence-corrected chi connectivity index (χ2v) is 4.16. The topological polar surface area (TPSA) is 57.6 Å². The van der Waals surface area contributed by atoms with Crippen molar-refractivity contribution >= 4 is 27.8 Å². The molecule has 0 unspecified atom stereocenters. The van der Waals surface area contributed by atoms with Gasteiger partial charge < -0.3 is 10.0 Å². The van der Waals surface area contributed by atoms with Crippen LogP contribution in [0.5, 0.6) is 0 Å². The molecule has 0 bridgehead atoms. The van der Waals surface area contributed by atoms with Crippen molar-refractivity contribution in [2.75, 3.05) is 13.1 Å². The average Bonchev–Trinajstić information content (AvgIpc) is 2.25. The maximum Gasteiger partial charge on any atom is 0.323 e. The minimum atomic E-state index is -1.13. The summed E-state index contributed by atoms with van der Waals surface area (Å²) < 4.78 is 13.8. The number of carbonyl (C=O) groups excluding carboxylic acids is 1. The number of nitrogens with zero attached hydrogens (tertiary/aromatic N) is 1. The van der Waals surface area contributed by atoms with E-state index in [4.69, 9.17) is 5.11 Å². The largest absolute Gasteiger partial charge is 0.480 e. The lowest BCUT2D eigenvalue weighted by Gasteiger charge is -2.19. The number of likely N-dealkylation sites (N-methyl/N-ethyl adjacent to an activating group) is 1. The Balaban J connectivity index is 3.06. The molecule has 1 rings (SSSR count). The predicted molar refractivity (Wildman–Crippen MR) is 63.3 cm³/mol. The number of benzene rings is 1. The summed E-state index contributed by atoms with van der Waals surface area (Å²) >= 11 is 3.08. The summed E-state index contributed by atoms with van der Waals surface area (Å²) in [5.41, 5.74) is -0.143. The Morgan fingerprint density at radius 2 is 2.12 bits per heavy atom. The van der Waals surface area contributed by atoms with Gasteiger partial charge in [-0.25, -0.2) is 4.39 Å². The number of rotatable bonds is 4. The molecular formula is C11H11BrFNO3. The number of hydrogen-bond acceptors (Lipinski definition) is 2. The molecular weight excluding hydrogens is 293 g/mol. The van der Waals surface area contributed by atoms with Gasteiger partial charge in [-0.15, -0.1) is 0 Å². The van der Waals surface area contributed by atoms with Crippen molar-refractivity contribution in [1.82, 2.24) is 4.90 Å². The highest BCUT2D eigenvalue weighted by Crippen LogP contribution is 2.21. The lowest BCUT2D eigenvalue weighted by molar-refractivity contribution is -0.137. The van der Waals surface area contributed by atoms with Crippen LogP contribution in [-0.2, 0) is 4.79 Å². The van der Waals surface area contributed by atoms with Crippen LogP contribution in [0.15, 0.2) is 22.7 Å². The van der Waals surface area contributed by atoms with Crippen molar-refractivity contribution in [3.63, 3.8) is 0 Å². The molecule has 0 aromatic heterocycles. The first-order valence-electron chi connectivity index (χ1n) is 4.92. The zero-order chi connectivity index (χ0) is 13.0. The van der Waals surface area contributed by atoms with Crippen LogP contribution in [-0.4, -0.2) is 35.0 Å².